The second-order valence-electron chi connectivity index (χ2n) is 5.35. The van der Waals surface area contributed by atoms with Gasteiger partial charge in [-0.05, 0) is 18.6 Å². The first-order chi connectivity index (χ1) is 12.2. The minimum Gasteiger partial charge on any atom is -0.364 e. The third kappa shape index (κ3) is 3.85. The van der Waals surface area contributed by atoms with Crippen LogP contribution < -0.4 is 5.32 Å². The standard InChI is InChI=1S/C17H17N5O2S/c1-2-3-9-19-16-15(22(23)24)17(21-11-20-16)25-13-8-4-6-12-7-5-10-18-14(12)13/h4-8,10-11H,2-3,9H2,1H3,(H,19,20,21). The van der Waals surface area contributed by atoms with Crippen LogP contribution in [0.2, 0.25) is 0 Å². The number of pyridine rings is 1. The van der Waals surface area contributed by atoms with Crippen LogP contribution in [-0.2, 0) is 0 Å². The minimum atomic E-state index is -0.435. The summed E-state index contributed by atoms with van der Waals surface area (Å²) in [6.45, 7) is 2.69. The molecule has 3 rings (SSSR count). The van der Waals surface area contributed by atoms with Crippen LogP contribution in [0.5, 0.6) is 0 Å². The molecule has 0 saturated carbocycles. The summed E-state index contributed by atoms with van der Waals surface area (Å²) >= 11 is 1.23. The smallest absolute Gasteiger partial charge is 0.343 e. The number of hydrogen-bond donors (Lipinski definition) is 1. The Morgan fingerprint density at radius 3 is 2.84 bits per heavy atom. The second kappa shape index (κ2) is 7.89. The van der Waals surface area contributed by atoms with Crippen LogP contribution in [0, 0.1) is 10.1 Å². The molecule has 8 heteroatoms. The highest BCUT2D eigenvalue weighted by molar-refractivity contribution is 7.99. The van der Waals surface area contributed by atoms with E-state index < -0.39 is 4.92 Å². The van der Waals surface area contributed by atoms with Crippen LogP contribution in [0.1, 0.15) is 19.8 Å². The summed E-state index contributed by atoms with van der Waals surface area (Å²) in [7, 11) is 0. The first kappa shape index (κ1) is 17.1. The molecular weight excluding hydrogens is 338 g/mol. The Morgan fingerprint density at radius 1 is 1.20 bits per heavy atom. The van der Waals surface area contributed by atoms with E-state index in [1.165, 1.54) is 18.1 Å². The lowest BCUT2D eigenvalue weighted by atomic mass is 10.2. The highest BCUT2D eigenvalue weighted by Crippen LogP contribution is 2.38. The number of aromatic nitrogens is 3. The Bertz CT molecular complexity index is 898. The van der Waals surface area contributed by atoms with Crippen LogP contribution in [0.4, 0.5) is 11.5 Å². The van der Waals surface area contributed by atoms with Gasteiger partial charge in [-0.3, -0.25) is 15.1 Å². The van der Waals surface area contributed by atoms with Crippen molar-refractivity contribution >= 4 is 34.2 Å². The molecule has 0 bridgehead atoms. The van der Waals surface area contributed by atoms with Crippen molar-refractivity contribution in [1.29, 1.82) is 0 Å². The summed E-state index contributed by atoms with van der Waals surface area (Å²) in [6.07, 6.45) is 4.97. The van der Waals surface area contributed by atoms with Crippen molar-refractivity contribution in [2.45, 2.75) is 29.7 Å². The Labute approximate surface area is 149 Å². The maximum absolute atomic E-state index is 11.6. The molecule has 1 N–H and O–H groups in total. The SMILES string of the molecule is CCCCNc1ncnc(Sc2cccc3cccnc23)c1[N+](=O)[O-]. The molecule has 0 atom stereocenters. The van der Waals surface area contributed by atoms with Gasteiger partial charge in [-0.2, -0.15) is 0 Å². The zero-order valence-electron chi connectivity index (χ0n) is 13.7. The van der Waals surface area contributed by atoms with Crippen molar-refractivity contribution in [3.8, 4) is 0 Å². The van der Waals surface area contributed by atoms with Gasteiger partial charge in [0.2, 0.25) is 5.82 Å². The Morgan fingerprint density at radius 2 is 2.04 bits per heavy atom. The number of unbranched alkanes of at least 4 members (excludes halogenated alkanes) is 1. The van der Waals surface area contributed by atoms with Crippen molar-refractivity contribution in [3.05, 3.63) is 53.0 Å². The summed E-state index contributed by atoms with van der Waals surface area (Å²) < 4.78 is 0. The van der Waals surface area contributed by atoms with E-state index in [4.69, 9.17) is 0 Å². The molecule has 25 heavy (non-hydrogen) atoms. The van der Waals surface area contributed by atoms with Crippen molar-refractivity contribution < 1.29 is 4.92 Å². The third-order valence-electron chi connectivity index (χ3n) is 3.60. The predicted molar refractivity (Wildman–Crippen MR) is 98.0 cm³/mol. The number of nitrogens with zero attached hydrogens (tertiary/aromatic N) is 4. The Balaban J connectivity index is 1.99. The number of nitrogens with one attached hydrogen (secondary N) is 1. The highest BCUT2D eigenvalue weighted by Gasteiger charge is 2.24. The number of anilines is 1. The fourth-order valence-corrected chi connectivity index (χ4v) is 3.37. The second-order valence-corrected chi connectivity index (χ2v) is 6.38. The molecule has 1 aromatic carbocycles. The molecular formula is C17H17N5O2S. The molecule has 0 unspecified atom stereocenters. The number of nitro groups is 1. The van der Waals surface area contributed by atoms with E-state index in [2.05, 4.69) is 27.2 Å². The lowest BCUT2D eigenvalue weighted by Gasteiger charge is -2.09. The third-order valence-corrected chi connectivity index (χ3v) is 4.64. The first-order valence-electron chi connectivity index (χ1n) is 7.95. The molecule has 0 spiro atoms. The van der Waals surface area contributed by atoms with E-state index in [0.29, 0.717) is 11.6 Å². The van der Waals surface area contributed by atoms with Gasteiger partial charge >= 0.3 is 5.69 Å². The van der Waals surface area contributed by atoms with Gasteiger partial charge < -0.3 is 5.32 Å². The quantitative estimate of drug-likeness (QED) is 0.292. The Hall–Kier alpha value is -2.74. The number of rotatable bonds is 7. The van der Waals surface area contributed by atoms with E-state index in [1.54, 1.807) is 6.20 Å². The molecule has 2 heterocycles. The first-order valence-corrected chi connectivity index (χ1v) is 8.77. The van der Waals surface area contributed by atoms with E-state index >= 15 is 0 Å². The van der Waals surface area contributed by atoms with E-state index in [-0.39, 0.29) is 11.5 Å². The fraction of sp³-hybridized carbons (Fsp3) is 0.235. The predicted octanol–water partition coefficient (Wildman–Crippen LogP) is 4.30. The van der Waals surface area contributed by atoms with Crippen LogP contribution >= 0.6 is 11.8 Å². The molecule has 0 radical (unpaired) electrons. The maximum Gasteiger partial charge on any atom is 0.343 e. The number of fused-ring (bicyclic) bond motifs is 1. The van der Waals surface area contributed by atoms with Crippen molar-refractivity contribution in [3.63, 3.8) is 0 Å². The summed E-state index contributed by atoms with van der Waals surface area (Å²) in [4.78, 5) is 24.5. The molecule has 0 aliphatic rings. The van der Waals surface area contributed by atoms with E-state index in [9.17, 15) is 10.1 Å². The van der Waals surface area contributed by atoms with Gasteiger partial charge in [-0.15, -0.1) is 0 Å². The van der Waals surface area contributed by atoms with Crippen LogP contribution in [0.3, 0.4) is 0 Å². The Kier molecular flexibility index (Phi) is 5.39. The zero-order chi connectivity index (χ0) is 17.6. The highest BCUT2D eigenvalue weighted by atomic mass is 32.2. The van der Waals surface area contributed by atoms with Gasteiger partial charge in [0.25, 0.3) is 0 Å². The summed E-state index contributed by atoms with van der Waals surface area (Å²) in [5.41, 5.74) is 0.694. The average Bonchev–Trinajstić information content (AvgIpc) is 2.62. The van der Waals surface area contributed by atoms with Gasteiger partial charge in [-0.25, -0.2) is 9.97 Å². The number of hydrogen-bond acceptors (Lipinski definition) is 7. The number of para-hydroxylation sites is 1. The monoisotopic (exact) mass is 355 g/mol. The van der Waals surface area contributed by atoms with Gasteiger partial charge in [0.05, 0.1) is 10.4 Å². The minimum absolute atomic E-state index is 0.100. The average molecular weight is 355 g/mol. The van der Waals surface area contributed by atoms with Crippen LogP contribution in [0.25, 0.3) is 10.9 Å². The van der Waals surface area contributed by atoms with Crippen molar-refractivity contribution in [2.75, 3.05) is 11.9 Å². The topological polar surface area (TPSA) is 93.8 Å². The lowest BCUT2D eigenvalue weighted by Crippen LogP contribution is -2.07. The molecule has 2 aromatic heterocycles. The molecule has 0 saturated heterocycles. The summed E-state index contributed by atoms with van der Waals surface area (Å²) in [5, 5.41) is 15.9. The molecule has 7 nitrogen and oxygen atoms in total. The maximum atomic E-state index is 11.6. The number of benzene rings is 1. The molecule has 3 aromatic rings. The summed E-state index contributed by atoms with van der Waals surface area (Å²) in [5.74, 6) is 0.254. The molecule has 0 aliphatic carbocycles. The van der Waals surface area contributed by atoms with Crippen LogP contribution in [-0.4, -0.2) is 26.4 Å². The van der Waals surface area contributed by atoms with Gasteiger partial charge in [-0.1, -0.05) is 43.3 Å². The molecule has 0 aliphatic heterocycles. The van der Waals surface area contributed by atoms with E-state index in [0.717, 1.165) is 28.6 Å². The summed E-state index contributed by atoms with van der Waals surface area (Å²) in [6, 6.07) is 9.56. The molecule has 0 fully saturated rings. The van der Waals surface area contributed by atoms with Gasteiger partial charge in [0.1, 0.15) is 6.33 Å². The lowest BCUT2D eigenvalue weighted by molar-refractivity contribution is -0.387. The van der Waals surface area contributed by atoms with Crippen molar-refractivity contribution in [1.82, 2.24) is 15.0 Å². The fourth-order valence-electron chi connectivity index (χ4n) is 2.38. The van der Waals surface area contributed by atoms with Crippen molar-refractivity contribution in [2.24, 2.45) is 0 Å². The van der Waals surface area contributed by atoms with Crippen LogP contribution in [0.15, 0.2) is 52.8 Å². The normalized spacial score (nSPS) is 10.8. The largest absolute Gasteiger partial charge is 0.364 e. The van der Waals surface area contributed by atoms with Gasteiger partial charge in [0, 0.05) is 23.0 Å². The van der Waals surface area contributed by atoms with Gasteiger partial charge in [0.15, 0.2) is 5.03 Å². The molecule has 0 amide bonds. The van der Waals surface area contributed by atoms with E-state index in [1.807, 2.05) is 30.3 Å². The zero-order valence-corrected chi connectivity index (χ0v) is 14.5. The molecule has 128 valence electrons.